The summed E-state index contributed by atoms with van der Waals surface area (Å²) >= 11 is 1.69. The zero-order valence-corrected chi connectivity index (χ0v) is 13.5. The van der Waals surface area contributed by atoms with Crippen LogP contribution in [0.15, 0.2) is 12.1 Å². The van der Waals surface area contributed by atoms with Crippen molar-refractivity contribution in [1.29, 1.82) is 0 Å². The molecule has 0 aliphatic heterocycles. The van der Waals surface area contributed by atoms with Crippen molar-refractivity contribution in [2.24, 2.45) is 0 Å². The molecule has 0 aromatic heterocycles. The van der Waals surface area contributed by atoms with E-state index in [1.165, 1.54) is 5.32 Å². The van der Waals surface area contributed by atoms with Gasteiger partial charge in [0.05, 0.1) is 11.3 Å². The van der Waals surface area contributed by atoms with Gasteiger partial charge in [-0.2, -0.15) is 8.78 Å². The number of carbonyl (C=O) groups excluding carboxylic acids is 1. The van der Waals surface area contributed by atoms with E-state index in [1.807, 2.05) is 0 Å². The van der Waals surface area contributed by atoms with Crippen LogP contribution in [0.2, 0.25) is 0 Å². The average Bonchev–Trinajstić information content (AvgIpc) is 2.54. The van der Waals surface area contributed by atoms with Gasteiger partial charge in [0, 0.05) is 27.6 Å². The van der Waals surface area contributed by atoms with Gasteiger partial charge in [0.15, 0.2) is 23.3 Å². The molecular weight excluding hydrogens is 446 g/mol. The molecule has 0 radical (unpaired) electrons. The van der Waals surface area contributed by atoms with E-state index in [1.54, 1.807) is 15.9 Å². The third-order valence-corrected chi connectivity index (χ3v) is 3.43. The van der Waals surface area contributed by atoms with Crippen molar-refractivity contribution in [3.63, 3.8) is 0 Å². The van der Waals surface area contributed by atoms with Gasteiger partial charge in [-0.05, 0) is 6.07 Å². The van der Waals surface area contributed by atoms with Gasteiger partial charge in [0.2, 0.25) is 5.82 Å². The van der Waals surface area contributed by atoms with Gasteiger partial charge >= 0.3 is 10.7 Å². The lowest BCUT2D eigenvalue weighted by Crippen LogP contribution is -2.28. The van der Waals surface area contributed by atoms with Crippen LogP contribution in [0.1, 0.15) is 0 Å². The number of aromatic hydroxyl groups is 1. The van der Waals surface area contributed by atoms with Crippen LogP contribution in [0.3, 0.4) is 0 Å². The standard InChI is InChI=1S/C14H4BrF8NO2/c15-14(22,23)13(26)24-5-1-3(4(16)2-6(5)25)7-8(17)10(19)12(21)11(20)9(7)18/h1-2,25H,(H,24,26). The van der Waals surface area contributed by atoms with Gasteiger partial charge in [-0.1, -0.05) is 0 Å². The summed E-state index contributed by atoms with van der Waals surface area (Å²) in [6.45, 7) is 0. The summed E-state index contributed by atoms with van der Waals surface area (Å²) in [6, 6.07) is 0.370. The highest BCUT2D eigenvalue weighted by atomic mass is 79.9. The number of carbonyl (C=O) groups is 1. The van der Waals surface area contributed by atoms with E-state index in [0.29, 0.717) is 0 Å². The smallest absolute Gasteiger partial charge is 0.378 e. The molecule has 0 aliphatic carbocycles. The first kappa shape index (κ1) is 19.9. The van der Waals surface area contributed by atoms with E-state index in [0.717, 1.165) is 0 Å². The molecule has 0 heterocycles. The van der Waals surface area contributed by atoms with Crippen molar-refractivity contribution >= 4 is 27.5 Å². The van der Waals surface area contributed by atoms with Crippen molar-refractivity contribution in [2.45, 2.75) is 4.83 Å². The summed E-state index contributed by atoms with van der Waals surface area (Å²) in [6.07, 6.45) is 0. The molecule has 0 spiro atoms. The summed E-state index contributed by atoms with van der Waals surface area (Å²) < 4.78 is 107. The first-order valence-electron chi connectivity index (χ1n) is 6.28. The SMILES string of the molecule is O=C(Nc1cc(-c2c(F)c(F)c(F)c(F)c2F)c(F)cc1O)C(F)(F)Br. The number of halogens is 9. The first-order chi connectivity index (χ1) is 11.9. The fourth-order valence-corrected chi connectivity index (χ4v) is 1.99. The number of hydrogen-bond acceptors (Lipinski definition) is 2. The minimum atomic E-state index is -4.13. The van der Waals surface area contributed by atoms with Crippen LogP contribution in [-0.2, 0) is 4.79 Å². The molecule has 0 aliphatic rings. The Morgan fingerprint density at radius 3 is 1.85 bits per heavy atom. The van der Waals surface area contributed by atoms with Crippen LogP contribution in [0, 0.1) is 34.9 Å². The van der Waals surface area contributed by atoms with E-state index in [4.69, 9.17) is 0 Å². The Morgan fingerprint density at radius 2 is 1.38 bits per heavy atom. The third kappa shape index (κ3) is 3.45. The maximum atomic E-state index is 13.9. The number of nitrogens with one attached hydrogen (secondary N) is 1. The maximum Gasteiger partial charge on any atom is 0.378 e. The minimum Gasteiger partial charge on any atom is -0.506 e. The Hall–Kier alpha value is -2.37. The highest BCUT2D eigenvalue weighted by molar-refractivity contribution is 9.10. The molecule has 2 rings (SSSR count). The molecule has 26 heavy (non-hydrogen) atoms. The number of anilines is 1. The maximum absolute atomic E-state index is 13.9. The largest absolute Gasteiger partial charge is 0.506 e. The molecule has 2 N–H and O–H groups in total. The number of phenols is 1. The molecule has 0 saturated carbocycles. The Balaban J connectivity index is 2.70. The molecule has 2 aromatic rings. The molecule has 0 bridgehead atoms. The van der Waals surface area contributed by atoms with Crippen LogP contribution in [-0.4, -0.2) is 15.8 Å². The summed E-state index contributed by atoms with van der Waals surface area (Å²) in [7, 11) is 0. The first-order valence-corrected chi connectivity index (χ1v) is 7.08. The fraction of sp³-hybridized carbons (Fsp3) is 0.0714. The van der Waals surface area contributed by atoms with Crippen molar-refractivity contribution < 1.29 is 45.0 Å². The minimum absolute atomic E-state index is 0.134. The molecule has 0 atom stereocenters. The topological polar surface area (TPSA) is 49.3 Å². The van der Waals surface area contributed by atoms with Gasteiger partial charge in [-0.15, -0.1) is 0 Å². The average molecular weight is 450 g/mol. The second-order valence-electron chi connectivity index (χ2n) is 4.75. The van der Waals surface area contributed by atoms with Crippen molar-refractivity contribution in [3.05, 3.63) is 47.0 Å². The number of amides is 1. The molecular formula is C14H4BrF8NO2. The quantitative estimate of drug-likeness (QED) is 0.232. The summed E-state index contributed by atoms with van der Waals surface area (Å²) in [5, 5.41) is 10.9. The number of alkyl halides is 3. The zero-order chi connectivity index (χ0) is 20.0. The van der Waals surface area contributed by atoms with Crippen molar-refractivity contribution in [1.82, 2.24) is 0 Å². The second-order valence-corrected chi connectivity index (χ2v) is 5.74. The van der Waals surface area contributed by atoms with Crippen molar-refractivity contribution in [3.8, 4) is 16.9 Å². The lowest BCUT2D eigenvalue weighted by molar-refractivity contribution is -0.128. The highest BCUT2D eigenvalue weighted by Crippen LogP contribution is 2.38. The summed E-state index contributed by atoms with van der Waals surface area (Å²) in [5.41, 5.74) is -3.95. The molecule has 0 unspecified atom stereocenters. The molecule has 2 aromatic carbocycles. The lowest BCUT2D eigenvalue weighted by Gasteiger charge is -2.14. The van der Waals surface area contributed by atoms with Crippen molar-refractivity contribution in [2.75, 3.05) is 5.32 Å². The Kier molecular flexibility index (Phi) is 5.17. The molecule has 0 saturated heterocycles. The van der Waals surface area contributed by atoms with Gasteiger partial charge in [-0.25, -0.2) is 26.3 Å². The lowest BCUT2D eigenvalue weighted by atomic mass is 10.0. The normalized spacial score (nSPS) is 11.6. The van der Waals surface area contributed by atoms with E-state index in [2.05, 4.69) is 0 Å². The Bertz CT molecular complexity index is 884. The van der Waals surface area contributed by atoms with Gasteiger partial charge in [0.25, 0.3) is 0 Å². The van der Waals surface area contributed by atoms with Gasteiger partial charge in [0.1, 0.15) is 11.6 Å². The number of rotatable bonds is 3. The monoisotopic (exact) mass is 449 g/mol. The van der Waals surface area contributed by atoms with Gasteiger partial charge < -0.3 is 10.4 Å². The molecule has 0 fully saturated rings. The third-order valence-electron chi connectivity index (χ3n) is 3.07. The van der Waals surface area contributed by atoms with E-state index in [-0.39, 0.29) is 12.1 Å². The Labute approximate surface area is 147 Å². The van der Waals surface area contributed by atoms with E-state index >= 15 is 0 Å². The highest BCUT2D eigenvalue weighted by Gasteiger charge is 2.36. The second kappa shape index (κ2) is 6.74. The van der Waals surface area contributed by atoms with Gasteiger partial charge in [-0.3, -0.25) is 4.79 Å². The fourth-order valence-electron chi connectivity index (χ4n) is 1.89. The molecule has 12 heteroatoms. The molecule has 140 valence electrons. The van der Waals surface area contributed by atoms with E-state index in [9.17, 15) is 45.0 Å². The van der Waals surface area contributed by atoms with Crippen LogP contribution >= 0.6 is 15.9 Å². The van der Waals surface area contributed by atoms with Crippen LogP contribution in [0.5, 0.6) is 5.75 Å². The summed E-state index contributed by atoms with van der Waals surface area (Å²) in [4.78, 5) is 7.05. The zero-order valence-electron chi connectivity index (χ0n) is 11.9. The predicted octanol–water partition coefficient (Wildman–Crippen LogP) is 4.82. The predicted molar refractivity (Wildman–Crippen MR) is 75.8 cm³/mol. The molecule has 3 nitrogen and oxygen atoms in total. The van der Waals surface area contributed by atoms with Crippen LogP contribution < -0.4 is 5.32 Å². The van der Waals surface area contributed by atoms with Crippen LogP contribution in [0.4, 0.5) is 40.8 Å². The van der Waals surface area contributed by atoms with E-state index < -0.39 is 68.2 Å². The van der Waals surface area contributed by atoms with Crippen LogP contribution in [0.25, 0.3) is 11.1 Å². The summed E-state index contributed by atoms with van der Waals surface area (Å²) in [5.74, 6) is -16.9. The molecule has 1 amide bonds. The number of benzene rings is 2. The Morgan fingerprint density at radius 1 is 0.923 bits per heavy atom. The number of phenolic OH excluding ortho intramolecular Hbond substituents is 1. The number of hydrogen-bond donors (Lipinski definition) is 2.